The molecule has 4 rings (SSSR count). The number of alkyl halides is 3. The van der Waals surface area contributed by atoms with Crippen LogP contribution in [0.2, 0.25) is 0 Å². The van der Waals surface area contributed by atoms with Crippen LogP contribution in [0.3, 0.4) is 0 Å². The Kier molecular flexibility index (Phi) is 11.1. The number of aliphatic carboxylic acids is 1. The molecule has 0 atom stereocenters. The molecule has 42 heavy (non-hydrogen) atoms. The van der Waals surface area contributed by atoms with Crippen LogP contribution in [0.4, 0.5) is 24.5 Å². The number of hydrogen-bond donors (Lipinski definition) is 3. The van der Waals surface area contributed by atoms with Gasteiger partial charge in [0, 0.05) is 50.5 Å². The van der Waals surface area contributed by atoms with E-state index in [1.165, 1.54) is 6.07 Å². The van der Waals surface area contributed by atoms with Crippen molar-refractivity contribution in [3.8, 4) is 5.75 Å². The Hall–Kier alpha value is -4.37. The smallest absolute Gasteiger partial charge is 0.490 e. The first-order valence-corrected chi connectivity index (χ1v) is 12.8. The summed E-state index contributed by atoms with van der Waals surface area (Å²) in [6, 6.07) is 11.6. The van der Waals surface area contributed by atoms with Crippen molar-refractivity contribution in [1.82, 2.24) is 9.80 Å². The van der Waals surface area contributed by atoms with Crippen LogP contribution in [0.5, 0.6) is 5.75 Å². The summed E-state index contributed by atoms with van der Waals surface area (Å²) < 4.78 is 42.1. The highest BCUT2D eigenvalue weighted by Gasteiger charge is 2.38. The summed E-state index contributed by atoms with van der Waals surface area (Å²) in [4.78, 5) is 51.9. The van der Waals surface area contributed by atoms with Gasteiger partial charge >= 0.3 is 18.1 Å². The van der Waals surface area contributed by atoms with E-state index >= 15 is 0 Å². The zero-order valence-electron chi connectivity index (χ0n) is 22.7. The van der Waals surface area contributed by atoms with Gasteiger partial charge in [0.2, 0.25) is 5.91 Å². The Morgan fingerprint density at radius 1 is 0.929 bits per heavy atom. The van der Waals surface area contributed by atoms with E-state index < -0.39 is 18.1 Å². The van der Waals surface area contributed by atoms with Gasteiger partial charge in [-0.25, -0.2) is 9.59 Å². The van der Waals surface area contributed by atoms with Gasteiger partial charge in [0.15, 0.2) is 0 Å². The number of carboxylic acids is 2. The van der Waals surface area contributed by atoms with Crippen molar-refractivity contribution in [2.75, 3.05) is 76.4 Å². The number of nitrogens with one attached hydrogen (secondary N) is 1. The van der Waals surface area contributed by atoms with Crippen LogP contribution in [0.25, 0.3) is 0 Å². The summed E-state index contributed by atoms with van der Waals surface area (Å²) in [5, 5.41) is 19.7. The lowest BCUT2D eigenvalue weighted by Crippen LogP contribution is -2.51. The number of amides is 2. The number of carbonyl (C=O) groups excluding carboxylic acids is 2. The van der Waals surface area contributed by atoms with E-state index in [0.717, 1.165) is 0 Å². The number of carboxylic acid groups (broad SMARTS) is 2. The van der Waals surface area contributed by atoms with Gasteiger partial charge in [0.05, 0.1) is 38.1 Å². The number of halogens is 3. The molecule has 0 aliphatic carbocycles. The first-order valence-electron chi connectivity index (χ1n) is 12.8. The van der Waals surface area contributed by atoms with Crippen LogP contribution in [0.1, 0.15) is 20.7 Å². The van der Waals surface area contributed by atoms with E-state index in [2.05, 4.69) is 10.2 Å². The van der Waals surface area contributed by atoms with Gasteiger partial charge < -0.3 is 34.8 Å². The standard InChI is InChI=1S/C25H30N4O6.C2HF3O2/c1-34-20-5-2-18(3-6-20)24(31)26-19-4-7-22(21(16-19)25(32)33)28-10-8-27(9-11-28)17-23(30)29-12-14-35-15-13-29;3-2(4,5)1(6)7/h2-7,16H,8-15,17H2,1H3,(H,26,31)(H,32,33);(H,6,7). The first kappa shape index (κ1) is 32.1. The number of anilines is 2. The zero-order valence-corrected chi connectivity index (χ0v) is 22.7. The second kappa shape index (κ2) is 14.5. The predicted octanol–water partition coefficient (Wildman–Crippen LogP) is 2.26. The molecule has 2 aromatic rings. The molecule has 2 aromatic carbocycles. The van der Waals surface area contributed by atoms with E-state index in [9.17, 15) is 32.7 Å². The van der Waals surface area contributed by atoms with Crippen molar-refractivity contribution < 1.29 is 52.0 Å². The number of benzene rings is 2. The van der Waals surface area contributed by atoms with E-state index in [4.69, 9.17) is 19.4 Å². The van der Waals surface area contributed by atoms with Crippen molar-refractivity contribution in [3.05, 3.63) is 53.6 Å². The number of carbonyl (C=O) groups is 4. The third-order valence-corrected chi connectivity index (χ3v) is 6.52. The molecule has 2 amide bonds. The average molecular weight is 597 g/mol. The van der Waals surface area contributed by atoms with Crippen molar-refractivity contribution in [1.29, 1.82) is 0 Å². The fourth-order valence-corrected chi connectivity index (χ4v) is 4.26. The average Bonchev–Trinajstić information content (AvgIpc) is 2.98. The van der Waals surface area contributed by atoms with Gasteiger partial charge in [0.25, 0.3) is 5.91 Å². The molecule has 2 saturated heterocycles. The summed E-state index contributed by atoms with van der Waals surface area (Å²) in [5.74, 6) is -3.41. The highest BCUT2D eigenvalue weighted by Crippen LogP contribution is 2.26. The third-order valence-electron chi connectivity index (χ3n) is 6.52. The molecule has 2 aliphatic heterocycles. The van der Waals surface area contributed by atoms with E-state index in [1.807, 2.05) is 9.80 Å². The van der Waals surface area contributed by atoms with Gasteiger partial charge in [-0.05, 0) is 42.5 Å². The molecule has 2 aliphatic rings. The number of piperazine rings is 1. The highest BCUT2D eigenvalue weighted by molar-refractivity contribution is 6.05. The second-order valence-electron chi connectivity index (χ2n) is 9.28. The van der Waals surface area contributed by atoms with Crippen LogP contribution in [0.15, 0.2) is 42.5 Å². The van der Waals surface area contributed by atoms with E-state index in [0.29, 0.717) is 81.7 Å². The Bertz CT molecular complexity index is 1260. The van der Waals surface area contributed by atoms with E-state index in [-0.39, 0.29) is 17.4 Å². The Balaban J connectivity index is 0.000000616. The molecule has 0 aromatic heterocycles. The monoisotopic (exact) mass is 596 g/mol. The van der Waals surface area contributed by atoms with Crippen molar-refractivity contribution in [3.63, 3.8) is 0 Å². The lowest BCUT2D eigenvalue weighted by atomic mass is 10.1. The lowest BCUT2D eigenvalue weighted by Gasteiger charge is -2.37. The lowest BCUT2D eigenvalue weighted by molar-refractivity contribution is -0.192. The number of hydrogen-bond acceptors (Lipinski definition) is 8. The number of ether oxygens (including phenoxy) is 2. The fourth-order valence-electron chi connectivity index (χ4n) is 4.26. The quantitative estimate of drug-likeness (QED) is 0.435. The number of methoxy groups -OCH3 is 1. The molecular weight excluding hydrogens is 565 g/mol. The molecular formula is C27H31F3N4O8. The Labute approximate surface area is 239 Å². The van der Waals surface area contributed by atoms with Crippen LogP contribution in [-0.4, -0.2) is 116 Å². The predicted molar refractivity (Wildman–Crippen MR) is 144 cm³/mol. The van der Waals surface area contributed by atoms with Gasteiger partial charge in [-0.15, -0.1) is 0 Å². The maximum Gasteiger partial charge on any atom is 0.490 e. The van der Waals surface area contributed by atoms with Crippen molar-refractivity contribution >= 4 is 35.1 Å². The summed E-state index contributed by atoms with van der Waals surface area (Å²) >= 11 is 0. The maximum atomic E-state index is 12.6. The minimum Gasteiger partial charge on any atom is -0.497 e. The summed E-state index contributed by atoms with van der Waals surface area (Å²) in [6.07, 6.45) is -5.08. The molecule has 2 heterocycles. The normalized spacial score (nSPS) is 15.7. The number of aromatic carboxylic acids is 1. The molecule has 0 saturated carbocycles. The second-order valence-corrected chi connectivity index (χ2v) is 9.28. The zero-order chi connectivity index (χ0) is 30.9. The molecule has 228 valence electrons. The van der Waals surface area contributed by atoms with Gasteiger partial charge in [-0.3, -0.25) is 14.5 Å². The van der Waals surface area contributed by atoms with Crippen LogP contribution < -0.4 is 15.0 Å². The van der Waals surface area contributed by atoms with Crippen molar-refractivity contribution in [2.45, 2.75) is 6.18 Å². The van der Waals surface area contributed by atoms with Crippen LogP contribution >= 0.6 is 0 Å². The Morgan fingerprint density at radius 2 is 1.52 bits per heavy atom. The molecule has 0 bridgehead atoms. The molecule has 2 fully saturated rings. The molecule has 0 unspecified atom stereocenters. The minimum atomic E-state index is -5.08. The highest BCUT2D eigenvalue weighted by atomic mass is 19.4. The number of rotatable bonds is 7. The fraction of sp³-hybridized carbons (Fsp3) is 0.407. The molecule has 0 radical (unpaired) electrons. The third kappa shape index (κ3) is 9.07. The van der Waals surface area contributed by atoms with E-state index in [1.54, 1.807) is 43.5 Å². The van der Waals surface area contributed by atoms with Gasteiger partial charge in [-0.1, -0.05) is 0 Å². The van der Waals surface area contributed by atoms with Gasteiger partial charge in [0.1, 0.15) is 5.75 Å². The SMILES string of the molecule is COc1ccc(C(=O)Nc2ccc(N3CCN(CC(=O)N4CCOCC4)CC3)c(C(=O)O)c2)cc1.O=C(O)C(F)(F)F. The largest absolute Gasteiger partial charge is 0.497 e. The van der Waals surface area contributed by atoms with Gasteiger partial charge in [-0.2, -0.15) is 13.2 Å². The summed E-state index contributed by atoms with van der Waals surface area (Å²) in [7, 11) is 1.55. The summed E-state index contributed by atoms with van der Waals surface area (Å²) in [6.45, 7) is 5.29. The molecule has 3 N–H and O–H groups in total. The molecule has 12 nitrogen and oxygen atoms in total. The molecule has 15 heteroatoms. The number of nitrogens with zero attached hydrogens (tertiary/aromatic N) is 3. The van der Waals surface area contributed by atoms with Crippen LogP contribution in [0, 0.1) is 0 Å². The topological polar surface area (TPSA) is 149 Å². The Morgan fingerprint density at radius 3 is 2.05 bits per heavy atom. The summed E-state index contributed by atoms with van der Waals surface area (Å²) in [5.41, 5.74) is 1.56. The number of morpholine rings is 1. The van der Waals surface area contributed by atoms with Crippen LogP contribution in [-0.2, 0) is 14.3 Å². The van der Waals surface area contributed by atoms with Crippen molar-refractivity contribution in [2.24, 2.45) is 0 Å². The maximum absolute atomic E-state index is 12.6. The minimum absolute atomic E-state index is 0.102. The molecule has 0 spiro atoms. The first-order chi connectivity index (χ1) is 19.9.